The number of amides is 2. The van der Waals surface area contributed by atoms with Gasteiger partial charge < -0.3 is 0 Å². The Hall–Kier alpha value is -2.55. The molecule has 0 aliphatic rings. The first-order valence-corrected chi connectivity index (χ1v) is 10.4. The van der Waals surface area contributed by atoms with E-state index in [-0.39, 0.29) is 18.6 Å². The molecule has 0 aliphatic heterocycles. The van der Waals surface area contributed by atoms with Gasteiger partial charge in [-0.25, -0.2) is 4.98 Å². The van der Waals surface area contributed by atoms with E-state index in [1.54, 1.807) is 19.1 Å². The SMILES string of the molecule is Cc1nc(-c2ccccc2)sc1C(=O)NNC(=O)CCC(=O)c1ccc(Cl)s1. The van der Waals surface area contributed by atoms with Crippen LogP contribution in [0.15, 0.2) is 42.5 Å². The van der Waals surface area contributed by atoms with Gasteiger partial charge in [0.15, 0.2) is 5.78 Å². The molecule has 3 aromatic rings. The maximum atomic E-state index is 12.3. The summed E-state index contributed by atoms with van der Waals surface area (Å²) in [5.74, 6) is -1.05. The van der Waals surface area contributed by atoms with Gasteiger partial charge in [0.2, 0.25) is 5.91 Å². The van der Waals surface area contributed by atoms with Gasteiger partial charge >= 0.3 is 0 Å². The highest BCUT2D eigenvalue weighted by molar-refractivity contribution is 7.18. The van der Waals surface area contributed by atoms with Crippen LogP contribution >= 0.6 is 34.3 Å². The summed E-state index contributed by atoms with van der Waals surface area (Å²) in [5.41, 5.74) is 6.21. The van der Waals surface area contributed by atoms with Crippen LogP contribution in [-0.2, 0) is 4.79 Å². The number of aromatic nitrogens is 1. The second-order valence-corrected chi connectivity index (χ2v) is 8.54. The van der Waals surface area contributed by atoms with Gasteiger partial charge in [0, 0.05) is 18.4 Å². The summed E-state index contributed by atoms with van der Waals surface area (Å²) in [6, 6.07) is 12.8. The third-order valence-electron chi connectivity index (χ3n) is 3.77. The van der Waals surface area contributed by atoms with Crippen molar-refractivity contribution in [3.63, 3.8) is 0 Å². The summed E-state index contributed by atoms with van der Waals surface area (Å²) in [7, 11) is 0. The molecule has 0 fully saturated rings. The normalized spacial score (nSPS) is 10.5. The average Bonchev–Trinajstić information content (AvgIpc) is 3.30. The molecule has 0 saturated carbocycles. The van der Waals surface area contributed by atoms with Gasteiger partial charge in [0.05, 0.1) is 14.9 Å². The Balaban J connectivity index is 1.52. The summed E-state index contributed by atoms with van der Waals surface area (Å²) in [6.07, 6.45) is 0.00184. The lowest BCUT2D eigenvalue weighted by molar-refractivity contribution is -0.121. The number of nitrogens with zero attached hydrogens (tertiary/aromatic N) is 1. The van der Waals surface area contributed by atoms with E-state index in [1.165, 1.54) is 22.7 Å². The third-order valence-corrected chi connectivity index (χ3v) is 6.24. The van der Waals surface area contributed by atoms with Gasteiger partial charge in [0.1, 0.15) is 9.88 Å². The fraction of sp³-hybridized carbons (Fsp3) is 0.158. The number of ketones is 1. The Bertz CT molecular complexity index is 1010. The van der Waals surface area contributed by atoms with Crippen molar-refractivity contribution >= 4 is 51.9 Å². The zero-order valence-corrected chi connectivity index (χ0v) is 17.2. The molecule has 144 valence electrons. The molecule has 2 amide bonds. The standard InChI is InChI=1S/C19H16ClN3O3S2/c1-11-17(28-19(21-11)12-5-3-2-4-6-12)18(26)23-22-16(25)10-7-13(24)14-8-9-15(20)27-14/h2-6,8-9H,7,10H2,1H3,(H,22,25)(H,23,26). The average molecular weight is 434 g/mol. The second-order valence-electron chi connectivity index (χ2n) is 5.83. The van der Waals surface area contributed by atoms with Gasteiger partial charge in [0.25, 0.3) is 5.91 Å². The third kappa shape index (κ3) is 5.03. The summed E-state index contributed by atoms with van der Waals surface area (Å²) in [5, 5.41) is 0.731. The van der Waals surface area contributed by atoms with E-state index in [0.29, 0.717) is 19.8 Å². The quantitative estimate of drug-likeness (QED) is 0.449. The first kappa shape index (κ1) is 20.2. The van der Waals surface area contributed by atoms with E-state index < -0.39 is 11.8 Å². The number of hydrogen-bond donors (Lipinski definition) is 2. The molecule has 28 heavy (non-hydrogen) atoms. The molecular formula is C19H16ClN3O3S2. The van der Waals surface area contributed by atoms with Crippen LogP contribution < -0.4 is 10.9 Å². The number of thiophene rings is 1. The predicted molar refractivity (Wildman–Crippen MR) is 111 cm³/mol. The minimum atomic E-state index is -0.449. The Morgan fingerprint density at radius 2 is 1.75 bits per heavy atom. The summed E-state index contributed by atoms with van der Waals surface area (Å²) in [4.78, 5) is 41.6. The van der Waals surface area contributed by atoms with Gasteiger partial charge in [-0.05, 0) is 19.1 Å². The highest BCUT2D eigenvalue weighted by atomic mass is 35.5. The van der Waals surface area contributed by atoms with Gasteiger partial charge in [-0.2, -0.15) is 0 Å². The van der Waals surface area contributed by atoms with Crippen molar-refractivity contribution in [3.05, 3.63) is 62.2 Å². The minimum Gasteiger partial charge on any atom is -0.293 e. The Morgan fingerprint density at radius 1 is 1.00 bits per heavy atom. The van der Waals surface area contributed by atoms with Crippen molar-refractivity contribution in [3.8, 4) is 10.6 Å². The number of halogens is 1. The van der Waals surface area contributed by atoms with Crippen LogP contribution in [0.5, 0.6) is 0 Å². The second kappa shape index (κ2) is 9.09. The highest BCUT2D eigenvalue weighted by Gasteiger charge is 2.17. The number of nitrogens with one attached hydrogen (secondary N) is 2. The minimum absolute atomic E-state index is 0.0361. The molecule has 2 N–H and O–H groups in total. The molecule has 3 rings (SSSR count). The smallest absolute Gasteiger partial charge is 0.281 e. The van der Waals surface area contributed by atoms with Crippen molar-refractivity contribution in [2.24, 2.45) is 0 Å². The highest BCUT2D eigenvalue weighted by Crippen LogP contribution is 2.27. The van der Waals surface area contributed by atoms with Crippen LogP contribution in [0.2, 0.25) is 4.34 Å². The molecule has 0 unspecified atom stereocenters. The predicted octanol–water partition coefficient (Wildman–Crippen LogP) is 4.26. The molecule has 6 nitrogen and oxygen atoms in total. The number of rotatable bonds is 6. The lowest BCUT2D eigenvalue weighted by Gasteiger charge is -2.06. The van der Waals surface area contributed by atoms with Gasteiger partial charge in [-0.3, -0.25) is 25.2 Å². The Kier molecular flexibility index (Phi) is 6.56. The topological polar surface area (TPSA) is 88.2 Å². The van der Waals surface area contributed by atoms with Crippen LogP contribution in [-0.4, -0.2) is 22.6 Å². The largest absolute Gasteiger partial charge is 0.293 e. The molecule has 2 aromatic heterocycles. The van der Waals surface area contributed by atoms with E-state index in [0.717, 1.165) is 10.6 Å². The maximum Gasteiger partial charge on any atom is 0.281 e. The maximum absolute atomic E-state index is 12.3. The summed E-state index contributed by atoms with van der Waals surface area (Å²) >= 11 is 8.22. The molecule has 0 atom stereocenters. The van der Waals surface area contributed by atoms with Crippen molar-refractivity contribution in [2.75, 3.05) is 0 Å². The lowest BCUT2D eigenvalue weighted by atomic mass is 10.2. The van der Waals surface area contributed by atoms with Crippen LogP contribution in [0.3, 0.4) is 0 Å². The first-order valence-electron chi connectivity index (χ1n) is 8.34. The number of hydrazine groups is 1. The van der Waals surface area contributed by atoms with Crippen molar-refractivity contribution in [2.45, 2.75) is 19.8 Å². The van der Waals surface area contributed by atoms with Crippen molar-refractivity contribution in [1.29, 1.82) is 0 Å². The van der Waals surface area contributed by atoms with Crippen molar-refractivity contribution in [1.82, 2.24) is 15.8 Å². The number of thiazole rings is 1. The molecule has 0 bridgehead atoms. The molecular weight excluding hydrogens is 418 g/mol. The van der Waals surface area contributed by atoms with E-state index in [1.807, 2.05) is 30.3 Å². The number of benzene rings is 1. The van der Waals surface area contributed by atoms with Crippen LogP contribution in [0.1, 0.15) is 37.9 Å². The van der Waals surface area contributed by atoms with Gasteiger partial charge in [-0.1, -0.05) is 41.9 Å². The van der Waals surface area contributed by atoms with Crippen molar-refractivity contribution < 1.29 is 14.4 Å². The van der Waals surface area contributed by atoms with E-state index in [2.05, 4.69) is 15.8 Å². The van der Waals surface area contributed by atoms with E-state index in [9.17, 15) is 14.4 Å². The molecule has 0 saturated heterocycles. The lowest BCUT2D eigenvalue weighted by Crippen LogP contribution is -2.41. The number of carbonyl (C=O) groups excluding carboxylic acids is 3. The van der Waals surface area contributed by atoms with E-state index in [4.69, 9.17) is 11.6 Å². The molecule has 0 aliphatic carbocycles. The van der Waals surface area contributed by atoms with Crippen LogP contribution in [0, 0.1) is 6.92 Å². The molecule has 9 heteroatoms. The molecule has 0 spiro atoms. The monoisotopic (exact) mass is 433 g/mol. The molecule has 0 radical (unpaired) electrons. The Morgan fingerprint density at radius 3 is 2.43 bits per heavy atom. The summed E-state index contributed by atoms with van der Waals surface area (Å²) in [6.45, 7) is 1.74. The zero-order valence-electron chi connectivity index (χ0n) is 14.8. The van der Waals surface area contributed by atoms with Crippen LogP contribution in [0.4, 0.5) is 0 Å². The summed E-state index contributed by atoms with van der Waals surface area (Å²) < 4.78 is 0.523. The fourth-order valence-corrected chi connectivity index (χ4v) is 4.35. The number of carbonyl (C=O) groups is 3. The zero-order chi connectivity index (χ0) is 20.1. The number of Topliss-reactive ketones (excluding diaryl/α,β-unsaturated/α-hetero) is 1. The molecule has 2 heterocycles. The molecule has 1 aromatic carbocycles. The number of hydrogen-bond acceptors (Lipinski definition) is 6. The van der Waals surface area contributed by atoms with E-state index >= 15 is 0 Å². The Labute approximate surface area is 174 Å². The fourth-order valence-electron chi connectivity index (χ4n) is 2.37. The van der Waals surface area contributed by atoms with Crippen LogP contribution in [0.25, 0.3) is 10.6 Å². The van der Waals surface area contributed by atoms with Gasteiger partial charge in [-0.15, -0.1) is 22.7 Å². The number of aryl methyl sites for hydroxylation is 1. The first-order chi connectivity index (χ1) is 13.4.